The highest BCUT2D eigenvalue weighted by molar-refractivity contribution is 7.98. The summed E-state index contributed by atoms with van der Waals surface area (Å²) >= 11 is 13.8. The summed E-state index contributed by atoms with van der Waals surface area (Å²) in [6.45, 7) is 4.13. The fourth-order valence-electron chi connectivity index (χ4n) is 1.14. The van der Waals surface area contributed by atoms with Gasteiger partial charge in [0.05, 0.1) is 5.75 Å². The summed E-state index contributed by atoms with van der Waals surface area (Å²) in [5, 5.41) is 0.981. The molecule has 1 rings (SSSR count). The molecule has 0 amide bonds. The Balaban J connectivity index is 2.75. The van der Waals surface area contributed by atoms with Crippen LogP contribution in [0.3, 0.4) is 0 Å². The molecule has 0 saturated carbocycles. The van der Waals surface area contributed by atoms with Gasteiger partial charge in [0.1, 0.15) is 16.1 Å². The topological polar surface area (TPSA) is 25.8 Å². The van der Waals surface area contributed by atoms with Gasteiger partial charge in [-0.25, -0.2) is 9.97 Å². The van der Waals surface area contributed by atoms with Crippen LogP contribution in [0.5, 0.6) is 0 Å². The maximum absolute atomic E-state index is 6.00. The Morgan fingerprint density at radius 3 is 2.20 bits per heavy atom. The zero-order valence-electron chi connectivity index (χ0n) is 8.89. The smallest absolute Gasteiger partial charge is 0.141 e. The van der Waals surface area contributed by atoms with E-state index in [1.54, 1.807) is 11.8 Å². The van der Waals surface area contributed by atoms with Gasteiger partial charge >= 0.3 is 0 Å². The summed E-state index contributed by atoms with van der Waals surface area (Å²) in [5.74, 6) is 2.60. The molecule has 0 aliphatic rings. The largest absolute Gasteiger partial charge is 0.220 e. The molecule has 0 N–H and O–H groups in total. The van der Waals surface area contributed by atoms with E-state index in [1.807, 2.05) is 6.92 Å². The lowest BCUT2D eigenvalue weighted by Crippen LogP contribution is -1.99. The first-order chi connectivity index (χ1) is 7.19. The van der Waals surface area contributed by atoms with E-state index in [1.165, 1.54) is 0 Å². The SMILES string of the molecule is CCCSCc1nc(Cl)c(CC)c(Cl)n1. The molecule has 2 nitrogen and oxygen atoms in total. The van der Waals surface area contributed by atoms with Gasteiger partial charge in [-0.05, 0) is 18.6 Å². The van der Waals surface area contributed by atoms with Crippen LogP contribution in [0.25, 0.3) is 0 Å². The standard InChI is InChI=1S/C10H14Cl2N2S/c1-3-5-15-6-8-13-9(11)7(4-2)10(12)14-8/h3-6H2,1-2H3. The first kappa shape index (κ1) is 13.1. The van der Waals surface area contributed by atoms with E-state index < -0.39 is 0 Å². The molecule has 1 aromatic rings. The molecule has 0 saturated heterocycles. The van der Waals surface area contributed by atoms with Crippen LogP contribution in [-0.2, 0) is 12.2 Å². The van der Waals surface area contributed by atoms with E-state index in [4.69, 9.17) is 23.2 Å². The number of hydrogen-bond acceptors (Lipinski definition) is 3. The van der Waals surface area contributed by atoms with Crippen LogP contribution in [0.1, 0.15) is 31.7 Å². The van der Waals surface area contributed by atoms with E-state index in [9.17, 15) is 0 Å². The molecule has 5 heteroatoms. The van der Waals surface area contributed by atoms with Gasteiger partial charge in [-0.15, -0.1) is 0 Å². The first-order valence-electron chi connectivity index (χ1n) is 4.97. The molecule has 1 heterocycles. The van der Waals surface area contributed by atoms with Crippen LogP contribution in [-0.4, -0.2) is 15.7 Å². The van der Waals surface area contributed by atoms with Gasteiger partial charge in [-0.1, -0.05) is 37.0 Å². The van der Waals surface area contributed by atoms with Gasteiger partial charge < -0.3 is 0 Å². The Bertz CT molecular complexity index is 308. The maximum Gasteiger partial charge on any atom is 0.141 e. The van der Waals surface area contributed by atoms with Crippen molar-refractivity contribution in [2.24, 2.45) is 0 Å². The monoisotopic (exact) mass is 264 g/mol. The summed E-state index contributed by atoms with van der Waals surface area (Å²) < 4.78 is 0. The summed E-state index contributed by atoms with van der Waals surface area (Å²) in [5.41, 5.74) is 0.836. The number of hydrogen-bond donors (Lipinski definition) is 0. The van der Waals surface area contributed by atoms with Gasteiger partial charge in [0.2, 0.25) is 0 Å². The van der Waals surface area contributed by atoms with Crippen molar-refractivity contribution >= 4 is 35.0 Å². The molecule has 1 aromatic heterocycles. The zero-order chi connectivity index (χ0) is 11.3. The molecule has 0 aromatic carbocycles. The average Bonchev–Trinajstić information content (AvgIpc) is 2.18. The number of thioether (sulfide) groups is 1. The summed E-state index contributed by atoms with van der Waals surface area (Å²) in [4.78, 5) is 8.45. The third-order valence-electron chi connectivity index (χ3n) is 1.89. The fraction of sp³-hybridized carbons (Fsp3) is 0.600. The van der Waals surface area contributed by atoms with E-state index in [0.717, 1.165) is 35.7 Å². The molecule has 84 valence electrons. The molecular formula is C10H14Cl2N2S. The Morgan fingerprint density at radius 2 is 1.73 bits per heavy atom. The van der Waals surface area contributed by atoms with Crippen LogP contribution < -0.4 is 0 Å². The molecule has 0 bridgehead atoms. The van der Waals surface area contributed by atoms with E-state index >= 15 is 0 Å². The number of rotatable bonds is 5. The number of halogens is 2. The van der Waals surface area contributed by atoms with Crippen LogP contribution >= 0.6 is 35.0 Å². The van der Waals surface area contributed by atoms with E-state index in [0.29, 0.717) is 10.3 Å². The molecule has 0 aliphatic carbocycles. The van der Waals surface area contributed by atoms with Crippen molar-refractivity contribution in [2.45, 2.75) is 32.4 Å². The Hall–Kier alpha value is 0.01000. The van der Waals surface area contributed by atoms with Gasteiger partial charge in [0.15, 0.2) is 0 Å². The minimum atomic E-state index is 0.490. The molecule has 0 fully saturated rings. The second-order valence-electron chi connectivity index (χ2n) is 3.11. The van der Waals surface area contributed by atoms with Crippen LogP contribution in [0.2, 0.25) is 10.3 Å². The second-order valence-corrected chi connectivity index (χ2v) is 4.93. The predicted molar refractivity (Wildman–Crippen MR) is 67.9 cm³/mol. The van der Waals surface area contributed by atoms with E-state index in [2.05, 4.69) is 16.9 Å². The third kappa shape index (κ3) is 3.82. The Kier molecular flexibility index (Phi) is 5.72. The fourth-order valence-corrected chi connectivity index (χ4v) is 2.57. The van der Waals surface area contributed by atoms with Gasteiger partial charge in [0.25, 0.3) is 0 Å². The van der Waals surface area contributed by atoms with Crippen molar-refractivity contribution < 1.29 is 0 Å². The summed E-state index contributed by atoms with van der Waals surface area (Å²) in [6, 6.07) is 0. The van der Waals surface area contributed by atoms with Crippen LogP contribution in [0.4, 0.5) is 0 Å². The lowest BCUT2D eigenvalue weighted by molar-refractivity contribution is 0.977. The Labute approximate surface area is 105 Å². The first-order valence-corrected chi connectivity index (χ1v) is 6.88. The number of aromatic nitrogens is 2. The van der Waals surface area contributed by atoms with E-state index in [-0.39, 0.29) is 0 Å². The van der Waals surface area contributed by atoms with Gasteiger partial charge in [0, 0.05) is 5.56 Å². The van der Waals surface area contributed by atoms with Gasteiger partial charge in [-0.2, -0.15) is 11.8 Å². The molecule has 0 radical (unpaired) electrons. The molecule has 15 heavy (non-hydrogen) atoms. The lowest BCUT2D eigenvalue weighted by atomic mass is 10.3. The highest BCUT2D eigenvalue weighted by Gasteiger charge is 2.09. The van der Waals surface area contributed by atoms with Crippen molar-refractivity contribution in [2.75, 3.05) is 5.75 Å². The van der Waals surface area contributed by atoms with Crippen molar-refractivity contribution in [1.29, 1.82) is 0 Å². The normalized spacial score (nSPS) is 10.7. The van der Waals surface area contributed by atoms with Gasteiger partial charge in [-0.3, -0.25) is 0 Å². The average molecular weight is 265 g/mol. The second kappa shape index (κ2) is 6.56. The predicted octanol–water partition coefficient (Wildman–Crippen LogP) is 3.99. The highest BCUT2D eigenvalue weighted by Crippen LogP contribution is 2.23. The number of nitrogens with zero attached hydrogens (tertiary/aromatic N) is 2. The molecular weight excluding hydrogens is 251 g/mol. The molecule has 0 aliphatic heterocycles. The minimum absolute atomic E-state index is 0.490. The molecule has 0 spiro atoms. The maximum atomic E-state index is 6.00. The highest BCUT2D eigenvalue weighted by atomic mass is 35.5. The lowest BCUT2D eigenvalue weighted by Gasteiger charge is -2.05. The van der Waals surface area contributed by atoms with Crippen molar-refractivity contribution in [3.63, 3.8) is 0 Å². The quantitative estimate of drug-likeness (QED) is 0.594. The van der Waals surface area contributed by atoms with Crippen molar-refractivity contribution in [3.05, 3.63) is 21.7 Å². The minimum Gasteiger partial charge on any atom is -0.220 e. The van der Waals surface area contributed by atoms with Crippen molar-refractivity contribution in [3.8, 4) is 0 Å². The van der Waals surface area contributed by atoms with Crippen LogP contribution in [0.15, 0.2) is 0 Å². The molecule has 0 atom stereocenters. The summed E-state index contributed by atoms with van der Waals surface area (Å²) in [6.07, 6.45) is 1.92. The zero-order valence-corrected chi connectivity index (χ0v) is 11.2. The Morgan fingerprint density at radius 1 is 1.13 bits per heavy atom. The summed E-state index contributed by atoms with van der Waals surface area (Å²) in [7, 11) is 0. The van der Waals surface area contributed by atoms with Crippen molar-refractivity contribution in [1.82, 2.24) is 9.97 Å². The van der Waals surface area contributed by atoms with Crippen LogP contribution in [0, 0.1) is 0 Å². The third-order valence-corrected chi connectivity index (χ3v) is 3.67. The molecule has 0 unspecified atom stereocenters.